The molecule has 1 heterocycles. The maximum atomic E-state index is 11.9. The molecule has 0 aliphatic carbocycles. The lowest BCUT2D eigenvalue weighted by Gasteiger charge is -2.33. The Labute approximate surface area is 122 Å². The highest BCUT2D eigenvalue weighted by Crippen LogP contribution is 2.15. The van der Waals surface area contributed by atoms with Gasteiger partial charge in [-0.05, 0) is 52.3 Å². The minimum absolute atomic E-state index is 0.203. The number of carbonyl (C=O) groups is 1. The van der Waals surface area contributed by atoms with E-state index in [0.717, 1.165) is 37.9 Å². The fourth-order valence-corrected chi connectivity index (χ4v) is 1.98. The number of amides is 1. The van der Waals surface area contributed by atoms with Crippen molar-refractivity contribution in [1.82, 2.24) is 10.2 Å². The minimum Gasteiger partial charge on any atom is -0.444 e. The molecule has 114 valence electrons. The van der Waals surface area contributed by atoms with Gasteiger partial charge >= 0.3 is 6.09 Å². The number of nitrogens with zero attached hydrogens (tertiary/aromatic N) is 1. The first kappa shape index (κ1) is 16.6. The standard InChI is InChI=1S/C16H28N2O2/c1-6-13(2)7-10-17-14-8-11-18(12-9-14)15(19)20-16(3,4)5/h7,10,14,17H,2,6,8-9,11-12H2,1,3-5H3/b10-7-. The van der Waals surface area contributed by atoms with Crippen molar-refractivity contribution in [2.75, 3.05) is 13.1 Å². The molecule has 1 aliphatic heterocycles. The van der Waals surface area contributed by atoms with E-state index in [2.05, 4.69) is 18.8 Å². The van der Waals surface area contributed by atoms with E-state index in [1.54, 1.807) is 4.90 Å². The fourth-order valence-electron chi connectivity index (χ4n) is 1.98. The highest BCUT2D eigenvalue weighted by Gasteiger charge is 2.26. The van der Waals surface area contributed by atoms with E-state index in [1.807, 2.05) is 33.0 Å². The Morgan fingerprint density at radius 1 is 1.40 bits per heavy atom. The molecule has 1 amide bonds. The summed E-state index contributed by atoms with van der Waals surface area (Å²) < 4.78 is 5.38. The quantitative estimate of drug-likeness (QED) is 0.802. The van der Waals surface area contributed by atoms with Crippen molar-refractivity contribution in [1.29, 1.82) is 0 Å². The molecular weight excluding hydrogens is 252 g/mol. The lowest BCUT2D eigenvalue weighted by molar-refractivity contribution is 0.0201. The van der Waals surface area contributed by atoms with E-state index in [4.69, 9.17) is 4.74 Å². The molecule has 0 bridgehead atoms. The number of carbonyl (C=O) groups excluding carboxylic acids is 1. The summed E-state index contributed by atoms with van der Waals surface area (Å²) in [6, 6.07) is 0.426. The Balaban J connectivity index is 2.31. The number of hydrogen-bond acceptors (Lipinski definition) is 3. The van der Waals surface area contributed by atoms with Crippen molar-refractivity contribution < 1.29 is 9.53 Å². The maximum Gasteiger partial charge on any atom is 0.410 e. The lowest BCUT2D eigenvalue weighted by Crippen LogP contribution is -2.45. The fraction of sp³-hybridized carbons (Fsp3) is 0.688. The SMILES string of the molecule is C=C(/C=C\NC1CCN(C(=O)OC(C)(C)C)CC1)CC. The summed E-state index contributed by atoms with van der Waals surface area (Å²) in [6.07, 6.45) is 6.64. The van der Waals surface area contributed by atoms with Gasteiger partial charge in [-0.1, -0.05) is 19.1 Å². The third kappa shape index (κ3) is 6.13. The number of piperidine rings is 1. The molecule has 1 rings (SSSR count). The first-order valence-corrected chi connectivity index (χ1v) is 7.40. The summed E-state index contributed by atoms with van der Waals surface area (Å²) in [5, 5.41) is 3.37. The predicted octanol–water partition coefficient (Wildman–Crippen LogP) is 3.46. The number of rotatable bonds is 4. The summed E-state index contributed by atoms with van der Waals surface area (Å²) >= 11 is 0. The Morgan fingerprint density at radius 3 is 2.50 bits per heavy atom. The van der Waals surface area contributed by atoms with Crippen molar-refractivity contribution in [2.45, 2.75) is 58.6 Å². The van der Waals surface area contributed by atoms with Gasteiger partial charge in [-0.15, -0.1) is 0 Å². The van der Waals surface area contributed by atoms with Crippen LogP contribution in [-0.2, 0) is 4.74 Å². The van der Waals surface area contributed by atoms with Gasteiger partial charge in [0.15, 0.2) is 0 Å². The molecule has 0 spiro atoms. The second-order valence-corrected chi connectivity index (χ2v) is 6.25. The molecule has 0 radical (unpaired) electrons. The van der Waals surface area contributed by atoms with Gasteiger partial charge in [0.05, 0.1) is 0 Å². The maximum absolute atomic E-state index is 11.9. The van der Waals surface area contributed by atoms with Crippen LogP contribution in [0.15, 0.2) is 24.4 Å². The van der Waals surface area contributed by atoms with E-state index in [0.29, 0.717) is 6.04 Å². The summed E-state index contributed by atoms with van der Waals surface area (Å²) in [5.41, 5.74) is 0.693. The second-order valence-electron chi connectivity index (χ2n) is 6.25. The van der Waals surface area contributed by atoms with E-state index >= 15 is 0 Å². The van der Waals surface area contributed by atoms with Gasteiger partial charge in [0.25, 0.3) is 0 Å². The third-order valence-electron chi connectivity index (χ3n) is 3.25. The highest BCUT2D eigenvalue weighted by molar-refractivity contribution is 5.68. The van der Waals surface area contributed by atoms with Gasteiger partial charge in [0.2, 0.25) is 0 Å². The summed E-state index contributed by atoms with van der Waals surface area (Å²) in [7, 11) is 0. The van der Waals surface area contributed by atoms with Crippen LogP contribution < -0.4 is 5.32 Å². The van der Waals surface area contributed by atoms with Crippen LogP contribution >= 0.6 is 0 Å². The number of likely N-dealkylation sites (tertiary alicyclic amines) is 1. The molecule has 1 saturated heterocycles. The van der Waals surface area contributed by atoms with Crippen molar-refractivity contribution in [2.24, 2.45) is 0 Å². The smallest absolute Gasteiger partial charge is 0.410 e. The Kier molecular flexibility index (Phi) is 6.11. The van der Waals surface area contributed by atoms with Crippen LogP contribution in [0.3, 0.4) is 0 Å². The van der Waals surface area contributed by atoms with Crippen LogP contribution in [0.4, 0.5) is 4.79 Å². The molecule has 0 aromatic rings. The first-order valence-electron chi connectivity index (χ1n) is 7.40. The Bertz CT molecular complexity index is 361. The number of ether oxygens (including phenoxy) is 1. The molecule has 0 atom stereocenters. The molecule has 4 nitrogen and oxygen atoms in total. The van der Waals surface area contributed by atoms with Crippen LogP contribution in [0.5, 0.6) is 0 Å². The zero-order valence-corrected chi connectivity index (χ0v) is 13.2. The van der Waals surface area contributed by atoms with Crippen LogP contribution in [0.1, 0.15) is 47.0 Å². The van der Waals surface area contributed by atoms with Crippen molar-refractivity contribution in [3.63, 3.8) is 0 Å². The van der Waals surface area contributed by atoms with Crippen LogP contribution in [0.25, 0.3) is 0 Å². The highest BCUT2D eigenvalue weighted by atomic mass is 16.6. The van der Waals surface area contributed by atoms with Gasteiger partial charge in [-0.25, -0.2) is 4.79 Å². The molecule has 4 heteroatoms. The molecule has 0 saturated carbocycles. The summed E-state index contributed by atoms with van der Waals surface area (Å²) in [6.45, 7) is 13.2. The van der Waals surface area contributed by atoms with Gasteiger partial charge in [0.1, 0.15) is 5.60 Å². The van der Waals surface area contributed by atoms with Gasteiger partial charge in [-0.3, -0.25) is 0 Å². The zero-order valence-electron chi connectivity index (χ0n) is 13.2. The first-order chi connectivity index (χ1) is 9.31. The lowest BCUT2D eigenvalue weighted by atomic mass is 10.1. The van der Waals surface area contributed by atoms with Crippen molar-refractivity contribution >= 4 is 6.09 Å². The molecule has 0 aromatic heterocycles. The molecular formula is C16H28N2O2. The molecule has 1 aliphatic rings. The van der Waals surface area contributed by atoms with Crippen LogP contribution in [0.2, 0.25) is 0 Å². The molecule has 0 aromatic carbocycles. The topological polar surface area (TPSA) is 41.6 Å². The van der Waals surface area contributed by atoms with Gasteiger partial charge in [0, 0.05) is 19.1 Å². The zero-order chi connectivity index (χ0) is 15.2. The second kappa shape index (κ2) is 7.36. The van der Waals surface area contributed by atoms with Crippen molar-refractivity contribution in [3.8, 4) is 0 Å². The summed E-state index contributed by atoms with van der Waals surface area (Å²) in [4.78, 5) is 13.7. The number of nitrogens with one attached hydrogen (secondary N) is 1. The molecule has 20 heavy (non-hydrogen) atoms. The Morgan fingerprint density at radius 2 is 2.00 bits per heavy atom. The van der Waals surface area contributed by atoms with Crippen molar-refractivity contribution in [3.05, 3.63) is 24.4 Å². The van der Waals surface area contributed by atoms with Crippen LogP contribution in [0, 0.1) is 0 Å². The van der Waals surface area contributed by atoms with Gasteiger partial charge in [-0.2, -0.15) is 0 Å². The number of allylic oxidation sites excluding steroid dienone is 2. The average molecular weight is 280 g/mol. The monoisotopic (exact) mass is 280 g/mol. The molecule has 0 unspecified atom stereocenters. The van der Waals surface area contributed by atoms with E-state index < -0.39 is 5.60 Å². The Hall–Kier alpha value is -1.45. The van der Waals surface area contributed by atoms with E-state index in [1.165, 1.54) is 0 Å². The van der Waals surface area contributed by atoms with Crippen LogP contribution in [-0.4, -0.2) is 35.7 Å². The third-order valence-corrected chi connectivity index (χ3v) is 3.25. The minimum atomic E-state index is -0.421. The van der Waals surface area contributed by atoms with E-state index in [-0.39, 0.29) is 6.09 Å². The average Bonchev–Trinajstić information content (AvgIpc) is 2.37. The van der Waals surface area contributed by atoms with E-state index in [9.17, 15) is 4.79 Å². The predicted molar refractivity (Wildman–Crippen MR) is 82.5 cm³/mol. The summed E-state index contributed by atoms with van der Waals surface area (Å²) in [5.74, 6) is 0. The largest absolute Gasteiger partial charge is 0.444 e. The van der Waals surface area contributed by atoms with Gasteiger partial charge < -0.3 is 15.0 Å². The normalized spacial score (nSPS) is 17.3. The molecule has 1 N–H and O–H groups in total. The number of hydrogen-bond donors (Lipinski definition) is 1. The molecule has 1 fully saturated rings.